The summed E-state index contributed by atoms with van der Waals surface area (Å²) in [6.45, 7) is 0. The lowest BCUT2D eigenvalue weighted by atomic mass is 10.2. The summed E-state index contributed by atoms with van der Waals surface area (Å²) in [6.07, 6.45) is 3.66. The fourth-order valence-electron chi connectivity index (χ4n) is 2.58. The summed E-state index contributed by atoms with van der Waals surface area (Å²) < 4.78 is 3.36. The summed E-state index contributed by atoms with van der Waals surface area (Å²) in [7, 11) is 0. The number of halogens is 2. The van der Waals surface area contributed by atoms with E-state index in [4.69, 9.17) is 0 Å². The maximum atomic E-state index is 11.1. The quantitative estimate of drug-likeness (QED) is 0.204. The first-order chi connectivity index (χ1) is 13.6. The average molecular weight is 524 g/mol. The van der Waals surface area contributed by atoms with Crippen molar-refractivity contribution >= 4 is 48.2 Å². The predicted molar refractivity (Wildman–Crippen MR) is 114 cm³/mol. The summed E-state index contributed by atoms with van der Waals surface area (Å²) in [4.78, 5) is 16.1. The molecule has 4 aromatic rings. The van der Waals surface area contributed by atoms with Crippen LogP contribution in [0.3, 0.4) is 0 Å². The molecule has 0 atom stereocenters. The molecular formula is C17H12Br2N6O2S. The van der Waals surface area contributed by atoms with Crippen molar-refractivity contribution in [2.45, 2.75) is 10.7 Å². The van der Waals surface area contributed by atoms with Crippen LogP contribution in [0.1, 0.15) is 11.4 Å². The minimum absolute atomic E-state index is 0.0937. The molecule has 0 amide bonds. The summed E-state index contributed by atoms with van der Waals surface area (Å²) in [5.74, 6) is 1.21. The number of thiophene rings is 1. The van der Waals surface area contributed by atoms with Gasteiger partial charge in [0.25, 0.3) is 0 Å². The van der Waals surface area contributed by atoms with Crippen molar-refractivity contribution in [3.8, 4) is 22.1 Å². The molecule has 4 aromatic heterocycles. The zero-order valence-electron chi connectivity index (χ0n) is 14.2. The molecule has 0 spiro atoms. The van der Waals surface area contributed by atoms with Gasteiger partial charge in [-0.1, -0.05) is 43.2 Å². The molecule has 0 aliphatic carbocycles. The zero-order chi connectivity index (χ0) is 19.7. The molecule has 0 fully saturated rings. The van der Waals surface area contributed by atoms with Crippen LogP contribution in [0.5, 0.6) is 0 Å². The van der Waals surface area contributed by atoms with Gasteiger partial charge in [0, 0.05) is 34.0 Å². The number of nitro groups is 1. The predicted octanol–water partition coefficient (Wildman–Crippen LogP) is 4.88. The van der Waals surface area contributed by atoms with Crippen molar-refractivity contribution in [2.75, 3.05) is 0 Å². The molecule has 0 radical (unpaired) electrons. The molecule has 28 heavy (non-hydrogen) atoms. The van der Waals surface area contributed by atoms with Gasteiger partial charge in [-0.05, 0) is 35.9 Å². The van der Waals surface area contributed by atoms with Gasteiger partial charge in [-0.2, -0.15) is 10.2 Å². The fourth-order valence-corrected chi connectivity index (χ4v) is 3.99. The number of pyridine rings is 1. The first-order valence-electron chi connectivity index (χ1n) is 8.06. The van der Waals surface area contributed by atoms with E-state index in [0.717, 1.165) is 33.2 Å². The van der Waals surface area contributed by atoms with Gasteiger partial charge >= 0.3 is 5.00 Å². The number of hydrogen-bond donors (Lipinski definition) is 0. The molecule has 142 valence electrons. The van der Waals surface area contributed by atoms with E-state index in [1.54, 1.807) is 15.4 Å². The van der Waals surface area contributed by atoms with Crippen LogP contribution in [0, 0.1) is 10.1 Å². The zero-order valence-corrected chi connectivity index (χ0v) is 18.2. The smallest absolute Gasteiger partial charge is 0.258 e. The van der Waals surface area contributed by atoms with E-state index >= 15 is 0 Å². The Kier molecular flexibility index (Phi) is 5.38. The van der Waals surface area contributed by atoms with Crippen molar-refractivity contribution in [2.24, 2.45) is 0 Å². The van der Waals surface area contributed by atoms with Gasteiger partial charge in [0.15, 0.2) is 11.6 Å². The first-order valence-corrected chi connectivity index (χ1v) is 11.1. The number of hydrogen-bond acceptors (Lipinski definition) is 6. The Bertz CT molecular complexity index is 1090. The lowest BCUT2D eigenvalue weighted by Crippen LogP contribution is -2.05. The second-order valence-electron chi connectivity index (χ2n) is 5.74. The molecule has 0 aromatic carbocycles. The van der Waals surface area contributed by atoms with Gasteiger partial charge in [0.1, 0.15) is 0 Å². The Balaban J connectivity index is 1.85. The summed E-state index contributed by atoms with van der Waals surface area (Å²) in [5, 5.41) is 21.4. The van der Waals surface area contributed by atoms with Gasteiger partial charge < -0.3 is 0 Å². The van der Waals surface area contributed by atoms with Crippen molar-refractivity contribution in [1.82, 2.24) is 24.5 Å². The van der Waals surface area contributed by atoms with Crippen molar-refractivity contribution in [1.29, 1.82) is 0 Å². The molecule has 0 bridgehead atoms. The maximum absolute atomic E-state index is 11.1. The molecule has 4 heterocycles. The minimum atomic E-state index is -0.386. The molecule has 0 aliphatic rings. The van der Waals surface area contributed by atoms with E-state index in [-0.39, 0.29) is 9.92 Å². The molecular weight excluding hydrogens is 512 g/mol. The lowest BCUT2D eigenvalue weighted by Gasteiger charge is -2.08. The number of nitrogens with zero attached hydrogens (tertiary/aromatic N) is 6. The molecule has 8 nitrogen and oxygen atoms in total. The number of rotatable bonds is 6. The van der Waals surface area contributed by atoms with Gasteiger partial charge in [-0.15, -0.1) is 0 Å². The third kappa shape index (κ3) is 3.77. The topological polar surface area (TPSA) is 91.7 Å². The highest BCUT2D eigenvalue weighted by Gasteiger charge is 2.15. The molecule has 0 aliphatic heterocycles. The third-order valence-corrected chi connectivity index (χ3v) is 6.12. The summed E-state index contributed by atoms with van der Waals surface area (Å²) in [6, 6.07) is 10.8. The fraction of sp³-hybridized carbons (Fsp3) is 0.118. The van der Waals surface area contributed by atoms with Crippen LogP contribution < -0.4 is 0 Å². The highest BCUT2D eigenvalue weighted by Crippen LogP contribution is 2.34. The van der Waals surface area contributed by atoms with Crippen molar-refractivity contribution in [3.63, 3.8) is 0 Å². The first kappa shape index (κ1) is 19.0. The van der Waals surface area contributed by atoms with Crippen LogP contribution in [0.2, 0.25) is 0 Å². The van der Waals surface area contributed by atoms with Crippen LogP contribution in [0.15, 0.2) is 48.8 Å². The lowest BCUT2D eigenvalue weighted by molar-refractivity contribution is -0.380. The van der Waals surface area contributed by atoms with E-state index in [9.17, 15) is 10.1 Å². The van der Waals surface area contributed by atoms with Crippen LogP contribution >= 0.6 is 43.2 Å². The van der Waals surface area contributed by atoms with Gasteiger partial charge in [0.05, 0.1) is 16.3 Å². The largest absolute Gasteiger partial charge is 0.324 e. The van der Waals surface area contributed by atoms with Crippen LogP contribution in [0.25, 0.3) is 22.1 Å². The number of aromatic nitrogens is 5. The van der Waals surface area contributed by atoms with E-state index in [0.29, 0.717) is 22.3 Å². The van der Waals surface area contributed by atoms with Crippen molar-refractivity contribution in [3.05, 3.63) is 70.3 Å². The van der Waals surface area contributed by atoms with Crippen LogP contribution in [0.4, 0.5) is 5.00 Å². The Morgan fingerprint density at radius 3 is 1.96 bits per heavy atom. The number of alkyl halides is 2. The molecule has 0 N–H and O–H groups in total. The van der Waals surface area contributed by atoms with Gasteiger partial charge in [0.2, 0.25) is 0 Å². The maximum Gasteiger partial charge on any atom is 0.324 e. The van der Waals surface area contributed by atoms with Crippen molar-refractivity contribution < 1.29 is 4.92 Å². The van der Waals surface area contributed by atoms with Gasteiger partial charge in [-0.3, -0.25) is 10.1 Å². The summed E-state index contributed by atoms with van der Waals surface area (Å²) in [5.41, 5.74) is 2.56. The molecule has 11 heteroatoms. The Hall–Kier alpha value is -2.37. The third-order valence-electron chi connectivity index (χ3n) is 3.89. The highest BCUT2D eigenvalue weighted by molar-refractivity contribution is 9.08. The van der Waals surface area contributed by atoms with Gasteiger partial charge in [-0.25, -0.2) is 14.3 Å². The Labute approximate surface area is 180 Å². The summed E-state index contributed by atoms with van der Waals surface area (Å²) >= 11 is 7.91. The SMILES string of the molecule is O=[N+]([O-])c1ccc(-c2cc(-n3ccc(CBr)n3)nc(-n3ccc(CBr)n3)c2)s1. The highest BCUT2D eigenvalue weighted by atomic mass is 79.9. The Morgan fingerprint density at radius 1 is 0.964 bits per heavy atom. The molecule has 4 rings (SSSR count). The van der Waals surface area contributed by atoms with E-state index in [2.05, 4.69) is 47.0 Å². The standard InChI is InChI=1S/C17H12Br2N6O2S/c18-9-12-3-5-23(21-12)15-7-11(14-1-2-17(28-14)25(26)27)8-16(20-15)24-6-4-13(10-19)22-24/h1-8H,9-10H2. The normalized spacial score (nSPS) is 11.1. The van der Waals surface area contributed by atoms with E-state index < -0.39 is 0 Å². The molecule has 0 saturated heterocycles. The second kappa shape index (κ2) is 7.94. The average Bonchev–Trinajstić information content (AvgIpc) is 3.47. The van der Waals surface area contributed by atoms with E-state index in [1.165, 1.54) is 6.07 Å². The Morgan fingerprint density at radius 2 is 1.54 bits per heavy atom. The van der Waals surface area contributed by atoms with Crippen LogP contribution in [-0.4, -0.2) is 29.5 Å². The minimum Gasteiger partial charge on any atom is -0.258 e. The monoisotopic (exact) mass is 522 g/mol. The van der Waals surface area contributed by atoms with Crippen LogP contribution in [-0.2, 0) is 10.7 Å². The molecule has 0 saturated carbocycles. The second-order valence-corrected chi connectivity index (χ2v) is 7.92. The van der Waals surface area contributed by atoms with E-state index in [1.807, 2.05) is 36.7 Å². The molecule has 0 unspecified atom stereocenters.